The highest BCUT2D eigenvalue weighted by molar-refractivity contribution is 5.88. The number of carbonyl (C=O) groups is 1. The molecule has 2 aliphatic rings. The molecule has 6 heteroatoms. The van der Waals surface area contributed by atoms with E-state index in [0.717, 1.165) is 52.8 Å². The zero-order valence-electron chi connectivity index (χ0n) is 17.3. The van der Waals surface area contributed by atoms with Crippen molar-refractivity contribution in [1.29, 1.82) is 0 Å². The van der Waals surface area contributed by atoms with Gasteiger partial charge in [0.1, 0.15) is 17.2 Å². The Labute approximate surface area is 170 Å². The first-order chi connectivity index (χ1) is 13.9. The second-order valence-corrected chi connectivity index (χ2v) is 8.38. The molecule has 1 amide bonds. The van der Waals surface area contributed by atoms with Gasteiger partial charge in [-0.3, -0.25) is 9.89 Å². The Morgan fingerprint density at radius 1 is 1.21 bits per heavy atom. The van der Waals surface area contributed by atoms with E-state index in [1.165, 1.54) is 0 Å². The smallest absolute Gasteiger partial charge is 0.416 e. The monoisotopic (exact) mass is 393 g/mol. The van der Waals surface area contributed by atoms with Crippen molar-refractivity contribution in [2.45, 2.75) is 45.6 Å². The number of nitrogens with zero attached hydrogens (tertiary/aromatic N) is 3. The molecule has 4 rings (SSSR count). The van der Waals surface area contributed by atoms with Crippen LogP contribution in [0.4, 0.5) is 10.6 Å². The maximum Gasteiger partial charge on any atom is 0.416 e. The minimum Gasteiger partial charge on any atom is -0.493 e. The highest BCUT2D eigenvalue weighted by Crippen LogP contribution is 2.27. The molecule has 0 fully saturated rings. The highest BCUT2D eigenvalue weighted by atomic mass is 16.6. The summed E-state index contributed by atoms with van der Waals surface area (Å²) in [5.41, 5.74) is 1.47. The van der Waals surface area contributed by atoms with Gasteiger partial charge in [-0.25, -0.2) is 9.78 Å². The first-order valence-corrected chi connectivity index (χ1v) is 10.2. The summed E-state index contributed by atoms with van der Waals surface area (Å²) in [6, 6.07) is 10.1. The fourth-order valence-electron chi connectivity index (χ4n) is 3.56. The molecule has 0 saturated carbocycles. The first-order valence-electron chi connectivity index (χ1n) is 10.2. The van der Waals surface area contributed by atoms with Crippen molar-refractivity contribution in [3.8, 4) is 5.75 Å². The lowest BCUT2D eigenvalue weighted by atomic mass is 10.1. The van der Waals surface area contributed by atoms with Crippen LogP contribution < -0.4 is 20.2 Å². The van der Waals surface area contributed by atoms with Gasteiger partial charge in [0.15, 0.2) is 0 Å². The summed E-state index contributed by atoms with van der Waals surface area (Å²) in [5.74, 6) is 1.56. The molecule has 2 aromatic rings. The van der Waals surface area contributed by atoms with Crippen LogP contribution in [0.3, 0.4) is 0 Å². The second-order valence-electron chi connectivity index (χ2n) is 8.38. The minimum atomic E-state index is -0.527. The van der Waals surface area contributed by atoms with Crippen LogP contribution in [0.1, 0.15) is 38.4 Å². The van der Waals surface area contributed by atoms with Gasteiger partial charge in [-0.05, 0) is 63.4 Å². The van der Waals surface area contributed by atoms with Gasteiger partial charge in [-0.1, -0.05) is 12.1 Å². The fourth-order valence-corrected chi connectivity index (χ4v) is 3.56. The molecule has 0 atom stereocenters. The lowest BCUT2D eigenvalue weighted by molar-refractivity contribution is 0.0576. The summed E-state index contributed by atoms with van der Waals surface area (Å²) in [6.07, 6.45) is 4.27. The van der Waals surface area contributed by atoms with Gasteiger partial charge < -0.3 is 9.47 Å². The number of carbonyl (C=O) groups excluding carboxylic acids is 1. The first kappa shape index (κ1) is 19.4. The van der Waals surface area contributed by atoms with Crippen molar-refractivity contribution in [2.24, 2.45) is 4.99 Å². The second kappa shape index (κ2) is 7.85. The normalized spacial score (nSPS) is 15.1. The predicted octanol–water partition coefficient (Wildman–Crippen LogP) is 2.80. The molecule has 2 aliphatic heterocycles. The Bertz CT molecular complexity index is 1040. The molecule has 152 valence electrons. The number of amides is 1. The van der Waals surface area contributed by atoms with E-state index in [9.17, 15) is 4.79 Å². The number of ether oxygens (including phenoxy) is 2. The Morgan fingerprint density at radius 3 is 2.90 bits per heavy atom. The number of hydrogen-bond donors (Lipinski definition) is 0. The molecule has 0 unspecified atom stereocenters. The van der Waals surface area contributed by atoms with Crippen LogP contribution in [0.15, 0.2) is 35.3 Å². The molecular formula is C23H27N3O3. The molecule has 0 radical (unpaired) electrons. The molecule has 0 bridgehead atoms. The number of aromatic nitrogens is 1. The van der Waals surface area contributed by atoms with Crippen molar-refractivity contribution < 1.29 is 14.3 Å². The Morgan fingerprint density at radius 2 is 2.07 bits per heavy atom. The van der Waals surface area contributed by atoms with Crippen molar-refractivity contribution in [3.05, 3.63) is 52.2 Å². The zero-order valence-corrected chi connectivity index (χ0v) is 17.3. The van der Waals surface area contributed by atoms with Gasteiger partial charge in [0.2, 0.25) is 0 Å². The van der Waals surface area contributed by atoms with Gasteiger partial charge in [0.25, 0.3) is 0 Å². The van der Waals surface area contributed by atoms with Crippen molar-refractivity contribution >= 4 is 18.0 Å². The maximum atomic E-state index is 12.6. The van der Waals surface area contributed by atoms with Crippen LogP contribution in [-0.4, -0.2) is 36.4 Å². The van der Waals surface area contributed by atoms with E-state index in [4.69, 9.17) is 14.5 Å². The topological polar surface area (TPSA) is 64.0 Å². The van der Waals surface area contributed by atoms with Gasteiger partial charge in [0, 0.05) is 23.9 Å². The number of rotatable bonds is 4. The third kappa shape index (κ3) is 4.58. The predicted molar refractivity (Wildman–Crippen MR) is 112 cm³/mol. The van der Waals surface area contributed by atoms with E-state index in [-0.39, 0.29) is 6.09 Å². The summed E-state index contributed by atoms with van der Waals surface area (Å²) in [5, 5.41) is 2.15. The fraction of sp³-hybridized carbons (Fsp3) is 0.435. The largest absolute Gasteiger partial charge is 0.493 e. The highest BCUT2D eigenvalue weighted by Gasteiger charge is 2.28. The number of anilines is 1. The average molecular weight is 393 g/mol. The average Bonchev–Trinajstić information content (AvgIpc) is 3.14. The lowest BCUT2D eigenvalue weighted by Crippen LogP contribution is -2.40. The number of fused-ring (bicyclic) bond motifs is 2. The zero-order chi connectivity index (χ0) is 20.4. The van der Waals surface area contributed by atoms with E-state index in [2.05, 4.69) is 17.1 Å². The van der Waals surface area contributed by atoms with Crippen molar-refractivity contribution in [1.82, 2.24) is 4.98 Å². The summed E-state index contributed by atoms with van der Waals surface area (Å²) >= 11 is 0. The molecule has 1 aromatic carbocycles. The molecule has 0 aliphatic carbocycles. The number of hydrogen-bond acceptors (Lipinski definition) is 5. The Hall–Kier alpha value is -2.89. The standard InChI is InChI=1S/C23H27N3O3/c1-23(2,3)29-22(27)26-13-4-5-16-6-7-18(25-21(16)26)11-14-28-19-8-9-20-17(15-19)10-12-24-20/h6-10,15H,4-5,11-14H2,1-3H3. The lowest BCUT2D eigenvalue weighted by Gasteiger charge is -2.31. The van der Waals surface area contributed by atoms with Crippen molar-refractivity contribution in [2.75, 3.05) is 24.6 Å². The van der Waals surface area contributed by atoms with Gasteiger partial charge in [-0.15, -0.1) is 0 Å². The van der Waals surface area contributed by atoms with Crippen LogP contribution in [0.25, 0.3) is 6.08 Å². The van der Waals surface area contributed by atoms with E-state index in [1.807, 2.05) is 45.0 Å². The van der Waals surface area contributed by atoms with Crippen LogP contribution in [-0.2, 0) is 17.6 Å². The van der Waals surface area contributed by atoms with Crippen LogP contribution in [0.2, 0.25) is 0 Å². The minimum absolute atomic E-state index is 0.334. The van der Waals surface area contributed by atoms with Gasteiger partial charge in [0.05, 0.1) is 18.5 Å². The summed E-state index contributed by atoms with van der Waals surface area (Å²) in [6.45, 7) is 7.52. The SMILES string of the molecule is CC(C)(C)OC(=O)N1CCCc2ccc(CCOc3ccc4c(c3)=CCN=4)nc21. The Balaban J connectivity index is 1.44. The van der Waals surface area contributed by atoms with Crippen LogP contribution >= 0.6 is 0 Å². The molecule has 6 nitrogen and oxygen atoms in total. The van der Waals surface area contributed by atoms with E-state index < -0.39 is 5.60 Å². The maximum absolute atomic E-state index is 12.6. The molecule has 0 saturated heterocycles. The van der Waals surface area contributed by atoms with E-state index in [0.29, 0.717) is 19.6 Å². The molecule has 29 heavy (non-hydrogen) atoms. The molecule has 0 N–H and O–H groups in total. The third-order valence-corrected chi connectivity index (χ3v) is 4.91. The Kier molecular flexibility index (Phi) is 5.26. The van der Waals surface area contributed by atoms with Crippen LogP contribution in [0, 0.1) is 0 Å². The van der Waals surface area contributed by atoms with Gasteiger partial charge >= 0.3 is 6.09 Å². The van der Waals surface area contributed by atoms with Crippen molar-refractivity contribution in [3.63, 3.8) is 0 Å². The van der Waals surface area contributed by atoms with Gasteiger partial charge in [-0.2, -0.15) is 0 Å². The number of pyridine rings is 1. The summed E-state index contributed by atoms with van der Waals surface area (Å²) in [7, 11) is 0. The number of aryl methyl sites for hydroxylation is 1. The quantitative estimate of drug-likeness (QED) is 0.801. The third-order valence-electron chi connectivity index (χ3n) is 4.91. The van der Waals surface area contributed by atoms with E-state index >= 15 is 0 Å². The van der Waals surface area contributed by atoms with E-state index in [1.54, 1.807) is 4.90 Å². The summed E-state index contributed by atoms with van der Waals surface area (Å²) in [4.78, 5) is 23.4. The molecule has 3 heterocycles. The summed E-state index contributed by atoms with van der Waals surface area (Å²) < 4.78 is 11.5. The molecular weight excluding hydrogens is 366 g/mol. The number of benzene rings is 1. The molecule has 1 aromatic heterocycles. The molecule has 0 spiro atoms. The van der Waals surface area contributed by atoms with Crippen LogP contribution in [0.5, 0.6) is 5.75 Å².